The number of benzene rings is 12. The Bertz CT molecular complexity index is 4310. The van der Waals surface area contributed by atoms with Crippen LogP contribution in [-0.2, 0) is 39.6 Å². The van der Waals surface area contributed by atoms with Gasteiger partial charge in [-0.25, -0.2) is 0 Å². The van der Waals surface area contributed by atoms with Gasteiger partial charge in [0, 0.05) is 33.4 Å². The molecule has 15 nitrogen and oxygen atoms in total. The Kier molecular flexibility index (Phi) is 12.8. The molecule has 0 saturated heterocycles. The van der Waals surface area contributed by atoms with Crippen LogP contribution in [0.3, 0.4) is 0 Å². The molecule has 0 saturated carbocycles. The summed E-state index contributed by atoms with van der Waals surface area (Å²) in [7, 11) is 0. The van der Waals surface area contributed by atoms with E-state index in [1.54, 1.807) is 0 Å². The van der Waals surface area contributed by atoms with Crippen LogP contribution in [0.25, 0.3) is 98.0 Å². The molecule has 0 fully saturated rings. The second kappa shape index (κ2) is 21.9. The molecule has 3 aromatic heterocycles. The molecule has 420 valence electrons. The molecular weight excluding hydrogens is 1090 g/mol. The Morgan fingerprint density at radius 1 is 0.184 bits per heavy atom. The summed E-state index contributed by atoms with van der Waals surface area (Å²) in [6.07, 6.45) is 0. The van der Waals surface area contributed by atoms with E-state index in [2.05, 4.69) is 103 Å². The molecule has 15 aromatic rings. The second-order valence-corrected chi connectivity index (χ2v) is 21.0. The summed E-state index contributed by atoms with van der Waals surface area (Å²) in [6, 6.07) is 73.1. The van der Waals surface area contributed by atoms with Gasteiger partial charge in [0.25, 0.3) is 35.3 Å². The highest BCUT2D eigenvalue weighted by atomic mass is 16.5. The predicted molar refractivity (Wildman–Crippen MR) is 330 cm³/mol. The molecule has 0 aliphatic carbocycles. The van der Waals surface area contributed by atoms with Crippen LogP contribution in [0.4, 0.5) is 0 Å². The van der Waals surface area contributed by atoms with Crippen LogP contribution in [0.1, 0.15) is 35.3 Å². The van der Waals surface area contributed by atoms with E-state index in [-0.39, 0.29) is 75.0 Å². The summed E-state index contributed by atoms with van der Waals surface area (Å²) in [4.78, 5) is 0. The number of ether oxygens (including phenoxy) is 6. The first kappa shape index (κ1) is 51.1. The van der Waals surface area contributed by atoms with Crippen molar-refractivity contribution in [1.82, 2.24) is 30.6 Å². The van der Waals surface area contributed by atoms with Crippen molar-refractivity contribution in [2.24, 2.45) is 0 Å². The SMILES string of the molecule is c1ccc2c3c(ccc2c1)OCc1nnc(o1)COc1ccc2ccccc2c1-c1c(ccc2ccccc12)OCc1nnc(o1)COc1ccc2ccccc2c1-c1c(ccc2ccccc12)OCc1nnc(o1)COc1ccc2ccccc2c1-3. The fourth-order valence-electron chi connectivity index (χ4n) is 11.8. The van der Waals surface area contributed by atoms with Crippen LogP contribution in [-0.4, -0.2) is 30.6 Å². The fraction of sp³-hybridized carbons (Fsp3) is 0.0833. The van der Waals surface area contributed by atoms with Gasteiger partial charge in [-0.1, -0.05) is 182 Å². The normalized spacial score (nSPS) is 13.1. The summed E-state index contributed by atoms with van der Waals surface area (Å²) in [6.45, 7) is -0.236. The van der Waals surface area contributed by atoms with Crippen molar-refractivity contribution in [3.63, 3.8) is 0 Å². The lowest BCUT2D eigenvalue weighted by Gasteiger charge is -2.19. The standard InChI is InChI=1S/C72H48N6O9/c1-7-19-49-43(13-1)25-31-55-67(49)68-50-20-8-2-14-44(50)26-32-56(68)80-38-62-74-76-64(86-62)40-82-58-34-28-46-16-4-10-22-52(46)70(58)72-54-24-12-6-18-48(54)30-36-60(72)84-42-66-78-77-65(87-66)41-83-59-35-29-47-17-5-11-23-53(47)71(59)69-51-21-9-3-15-45(51)27-33-57(69)81-39-63-75-73-61(85-63)37-79-55/h1-36H,37-42H2. The van der Waals surface area contributed by atoms with Crippen molar-refractivity contribution >= 4 is 64.6 Å². The Hall–Kier alpha value is -11.6. The van der Waals surface area contributed by atoms with Crippen LogP contribution >= 0.6 is 0 Å². The average Bonchev–Trinajstić information content (AvgIpc) is 1.90. The average molecular weight is 1140 g/mol. The maximum atomic E-state index is 6.74. The van der Waals surface area contributed by atoms with Gasteiger partial charge in [0.15, 0.2) is 39.6 Å². The summed E-state index contributed by atoms with van der Waals surface area (Å²) in [5.74, 6) is 5.01. The van der Waals surface area contributed by atoms with E-state index in [0.717, 1.165) is 98.0 Å². The van der Waals surface area contributed by atoms with Gasteiger partial charge < -0.3 is 41.7 Å². The minimum Gasteiger partial charge on any atom is -0.483 e. The summed E-state index contributed by atoms with van der Waals surface area (Å²) >= 11 is 0. The van der Waals surface area contributed by atoms with Gasteiger partial charge in [-0.05, 0) is 101 Å². The molecular formula is C72H48N6O9. The van der Waals surface area contributed by atoms with Crippen LogP contribution in [0.5, 0.6) is 34.5 Å². The van der Waals surface area contributed by atoms with Crippen LogP contribution in [0, 0.1) is 0 Å². The van der Waals surface area contributed by atoms with Gasteiger partial charge in [-0.15, -0.1) is 30.6 Å². The summed E-state index contributed by atoms with van der Waals surface area (Å²) in [5, 5.41) is 38.4. The molecule has 0 spiro atoms. The van der Waals surface area contributed by atoms with E-state index >= 15 is 0 Å². The molecule has 0 unspecified atom stereocenters. The molecule has 1 aliphatic rings. The molecule has 1 aliphatic heterocycles. The number of aromatic nitrogens is 6. The Balaban J connectivity index is 0.816. The molecule has 15 heteroatoms. The summed E-state index contributed by atoms with van der Waals surface area (Å²) < 4.78 is 59.3. The van der Waals surface area contributed by atoms with E-state index < -0.39 is 0 Å². The number of hydrogen-bond acceptors (Lipinski definition) is 15. The van der Waals surface area contributed by atoms with Crippen molar-refractivity contribution < 1.29 is 41.7 Å². The highest BCUT2D eigenvalue weighted by Crippen LogP contribution is 2.49. The minimum absolute atomic E-state index is 0.0393. The first-order valence-electron chi connectivity index (χ1n) is 28.4. The van der Waals surface area contributed by atoms with Crippen molar-refractivity contribution in [2.45, 2.75) is 39.6 Å². The third-order valence-corrected chi connectivity index (χ3v) is 15.7. The van der Waals surface area contributed by atoms with Crippen molar-refractivity contribution in [3.8, 4) is 67.9 Å². The lowest BCUT2D eigenvalue weighted by Crippen LogP contribution is -2.02. The first-order valence-corrected chi connectivity index (χ1v) is 28.4. The highest BCUT2D eigenvalue weighted by Gasteiger charge is 2.25. The number of nitrogens with zero attached hydrogens (tertiary/aromatic N) is 6. The fourth-order valence-corrected chi connectivity index (χ4v) is 11.8. The largest absolute Gasteiger partial charge is 0.483 e. The zero-order valence-electron chi connectivity index (χ0n) is 46.4. The van der Waals surface area contributed by atoms with Crippen LogP contribution in [0.15, 0.2) is 232 Å². The van der Waals surface area contributed by atoms with E-state index in [4.69, 9.17) is 41.7 Å². The molecule has 0 atom stereocenters. The minimum atomic E-state index is -0.0393. The lowest BCUT2D eigenvalue weighted by molar-refractivity contribution is 0.231. The monoisotopic (exact) mass is 1140 g/mol. The Labute approximate surface area is 495 Å². The number of hydrogen-bond donors (Lipinski definition) is 0. The smallest absolute Gasteiger partial charge is 0.254 e. The molecule has 12 aromatic carbocycles. The molecule has 0 amide bonds. The van der Waals surface area contributed by atoms with Gasteiger partial charge >= 0.3 is 0 Å². The molecule has 0 radical (unpaired) electrons. The predicted octanol–water partition coefficient (Wildman–Crippen LogP) is 16.5. The van der Waals surface area contributed by atoms with Crippen LogP contribution < -0.4 is 28.4 Å². The maximum Gasteiger partial charge on any atom is 0.254 e. The second-order valence-electron chi connectivity index (χ2n) is 21.0. The quantitative estimate of drug-likeness (QED) is 0.140. The van der Waals surface area contributed by atoms with E-state index in [0.29, 0.717) is 34.5 Å². The number of fused-ring (bicyclic) bond motifs is 27. The topological polar surface area (TPSA) is 172 Å². The maximum absolute atomic E-state index is 6.74. The molecule has 16 rings (SSSR count). The molecule has 6 bridgehead atoms. The third kappa shape index (κ3) is 9.62. The van der Waals surface area contributed by atoms with Crippen molar-refractivity contribution in [3.05, 3.63) is 254 Å². The van der Waals surface area contributed by atoms with Gasteiger partial charge in [0.2, 0.25) is 0 Å². The number of rotatable bonds is 0. The zero-order chi connectivity index (χ0) is 57.6. The third-order valence-electron chi connectivity index (χ3n) is 15.7. The van der Waals surface area contributed by atoms with Crippen molar-refractivity contribution in [1.29, 1.82) is 0 Å². The van der Waals surface area contributed by atoms with Gasteiger partial charge in [-0.3, -0.25) is 0 Å². The molecule has 4 heterocycles. The van der Waals surface area contributed by atoms with E-state index in [9.17, 15) is 0 Å². The highest BCUT2D eigenvalue weighted by molar-refractivity contribution is 6.12. The van der Waals surface area contributed by atoms with Gasteiger partial charge in [0.1, 0.15) is 34.5 Å². The van der Waals surface area contributed by atoms with Gasteiger partial charge in [-0.2, -0.15) is 0 Å². The van der Waals surface area contributed by atoms with Gasteiger partial charge in [0.05, 0.1) is 0 Å². The Morgan fingerprint density at radius 3 is 0.517 bits per heavy atom. The Morgan fingerprint density at radius 2 is 0.345 bits per heavy atom. The van der Waals surface area contributed by atoms with Crippen molar-refractivity contribution in [2.75, 3.05) is 0 Å². The van der Waals surface area contributed by atoms with E-state index in [1.807, 2.05) is 146 Å². The molecule has 87 heavy (non-hydrogen) atoms. The van der Waals surface area contributed by atoms with Crippen LogP contribution in [0.2, 0.25) is 0 Å². The molecule has 0 N–H and O–H groups in total. The first-order chi connectivity index (χ1) is 43.1. The zero-order valence-corrected chi connectivity index (χ0v) is 46.4. The summed E-state index contributed by atoms with van der Waals surface area (Å²) in [5.41, 5.74) is 4.90. The van der Waals surface area contributed by atoms with E-state index in [1.165, 1.54) is 0 Å². The lowest BCUT2D eigenvalue weighted by atomic mass is 9.92.